The Hall–Kier alpha value is -2.54. The molecule has 1 N–H and O–H groups in total. The van der Waals surface area contributed by atoms with E-state index in [1.54, 1.807) is 11.3 Å². The van der Waals surface area contributed by atoms with E-state index in [4.69, 9.17) is 0 Å². The fourth-order valence-corrected chi connectivity index (χ4v) is 4.70. The maximum absolute atomic E-state index is 13.1. The van der Waals surface area contributed by atoms with Crippen molar-refractivity contribution in [2.24, 2.45) is 0 Å². The number of fused-ring (bicyclic) bond motifs is 3. The van der Waals surface area contributed by atoms with Crippen LogP contribution in [-0.2, 0) is 17.6 Å². The lowest BCUT2D eigenvalue weighted by atomic mass is 9.97. The fourth-order valence-electron chi connectivity index (χ4n) is 3.51. The maximum atomic E-state index is 13.1. The van der Waals surface area contributed by atoms with Gasteiger partial charge in [0, 0.05) is 10.6 Å². The number of para-hydroxylation sites is 1. The van der Waals surface area contributed by atoms with Gasteiger partial charge >= 0.3 is 0 Å². The molecule has 1 atom stereocenters. The van der Waals surface area contributed by atoms with Crippen molar-refractivity contribution in [2.75, 3.05) is 5.32 Å². The zero-order chi connectivity index (χ0) is 18.1. The molecule has 1 unspecified atom stereocenters. The molecule has 0 bridgehead atoms. The number of hydrogen-bond acceptors (Lipinski definition) is 5. The normalized spacial score (nSPS) is 14.8. The summed E-state index contributed by atoms with van der Waals surface area (Å²) in [5.41, 5.74) is 1.61. The Bertz CT molecular complexity index is 1010. The number of thiophene rings is 1. The first kappa shape index (κ1) is 16.9. The molecule has 0 saturated heterocycles. The van der Waals surface area contributed by atoms with Crippen LogP contribution < -0.4 is 10.9 Å². The molecule has 2 heterocycles. The van der Waals surface area contributed by atoms with E-state index in [0.29, 0.717) is 22.3 Å². The van der Waals surface area contributed by atoms with Crippen molar-refractivity contribution < 1.29 is 4.79 Å². The van der Waals surface area contributed by atoms with Crippen LogP contribution in [0.1, 0.15) is 42.7 Å². The predicted octanol–water partition coefficient (Wildman–Crippen LogP) is 3.32. The summed E-state index contributed by atoms with van der Waals surface area (Å²) in [4.78, 5) is 27.8. The second-order valence-electron chi connectivity index (χ2n) is 6.51. The van der Waals surface area contributed by atoms with E-state index >= 15 is 0 Å². The molecule has 1 amide bonds. The first-order chi connectivity index (χ1) is 12.7. The quantitative estimate of drug-likeness (QED) is 0.766. The third kappa shape index (κ3) is 2.92. The summed E-state index contributed by atoms with van der Waals surface area (Å²) < 4.78 is 1.25. The Labute approximate surface area is 154 Å². The number of benzene rings is 1. The van der Waals surface area contributed by atoms with Gasteiger partial charge in [0.1, 0.15) is 6.04 Å². The summed E-state index contributed by atoms with van der Waals surface area (Å²) >= 11 is 1.57. The Balaban J connectivity index is 1.73. The molecule has 7 heteroatoms. The number of nitrogens with zero attached hydrogens (tertiary/aromatic N) is 3. The first-order valence-corrected chi connectivity index (χ1v) is 9.76. The fraction of sp³-hybridized carbons (Fsp3) is 0.368. The minimum atomic E-state index is -0.682. The Morgan fingerprint density at radius 3 is 2.81 bits per heavy atom. The van der Waals surface area contributed by atoms with Gasteiger partial charge in [-0.05, 0) is 49.8 Å². The van der Waals surface area contributed by atoms with Gasteiger partial charge in [-0.3, -0.25) is 9.59 Å². The smallest absolute Gasteiger partial charge is 0.279 e. The molecule has 1 aromatic carbocycles. The first-order valence-electron chi connectivity index (χ1n) is 8.94. The van der Waals surface area contributed by atoms with Gasteiger partial charge in [0.25, 0.3) is 5.56 Å². The topological polar surface area (TPSA) is 76.9 Å². The summed E-state index contributed by atoms with van der Waals surface area (Å²) in [6, 6.07) is 8.54. The molecule has 1 aliphatic rings. The molecule has 0 fully saturated rings. The van der Waals surface area contributed by atoms with E-state index in [0.717, 1.165) is 31.2 Å². The van der Waals surface area contributed by atoms with Crippen LogP contribution in [-0.4, -0.2) is 20.9 Å². The van der Waals surface area contributed by atoms with Crippen LogP contribution in [0, 0.1) is 0 Å². The van der Waals surface area contributed by atoms with E-state index < -0.39 is 6.04 Å². The van der Waals surface area contributed by atoms with Crippen LogP contribution in [0.3, 0.4) is 0 Å². The maximum Gasteiger partial charge on any atom is 0.279 e. The van der Waals surface area contributed by atoms with E-state index in [-0.39, 0.29) is 11.5 Å². The molecular formula is C19H20N4O2S. The number of aromatic nitrogens is 3. The predicted molar refractivity (Wildman–Crippen MR) is 103 cm³/mol. The number of nitrogens with one attached hydrogen (secondary N) is 1. The molecule has 1 aliphatic carbocycles. The van der Waals surface area contributed by atoms with E-state index in [1.807, 2.05) is 37.3 Å². The number of aryl methyl sites for hydroxylation is 2. The van der Waals surface area contributed by atoms with E-state index in [2.05, 4.69) is 15.6 Å². The van der Waals surface area contributed by atoms with Gasteiger partial charge in [-0.25, -0.2) is 0 Å². The number of amides is 1. The van der Waals surface area contributed by atoms with Crippen molar-refractivity contribution in [1.82, 2.24) is 15.0 Å². The molecule has 6 nitrogen and oxygen atoms in total. The number of rotatable bonds is 4. The van der Waals surface area contributed by atoms with Gasteiger partial charge in [0.05, 0.1) is 5.39 Å². The average molecular weight is 368 g/mol. The van der Waals surface area contributed by atoms with Crippen molar-refractivity contribution in [3.05, 3.63) is 51.1 Å². The Morgan fingerprint density at radius 2 is 2.04 bits per heavy atom. The number of carbonyl (C=O) groups excluding carboxylic acids is 1. The summed E-state index contributed by atoms with van der Waals surface area (Å²) in [6.45, 7) is 1.87. The SMILES string of the molecule is CCC(C(=O)Nc1ccccc1)n1nnc2sc3c(c2c1=O)CCCC3. The van der Waals surface area contributed by atoms with Crippen molar-refractivity contribution in [1.29, 1.82) is 0 Å². The van der Waals surface area contributed by atoms with Gasteiger partial charge in [-0.15, -0.1) is 16.4 Å². The highest BCUT2D eigenvalue weighted by Gasteiger charge is 2.26. The largest absolute Gasteiger partial charge is 0.324 e. The highest BCUT2D eigenvalue weighted by Crippen LogP contribution is 2.33. The minimum absolute atomic E-state index is 0.204. The third-order valence-corrected chi connectivity index (χ3v) is 6.01. The molecule has 134 valence electrons. The molecule has 0 spiro atoms. The lowest BCUT2D eigenvalue weighted by Crippen LogP contribution is -2.35. The molecule has 0 saturated carbocycles. The summed E-state index contributed by atoms with van der Waals surface area (Å²) in [5.74, 6) is -0.251. The molecule has 26 heavy (non-hydrogen) atoms. The molecule has 0 radical (unpaired) electrons. The second kappa shape index (κ2) is 6.99. The highest BCUT2D eigenvalue weighted by atomic mass is 32.1. The molecular weight excluding hydrogens is 348 g/mol. The Kier molecular flexibility index (Phi) is 4.55. The van der Waals surface area contributed by atoms with Crippen molar-refractivity contribution in [3.63, 3.8) is 0 Å². The zero-order valence-corrected chi connectivity index (χ0v) is 15.4. The van der Waals surface area contributed by atoms with Gasteiger partial charge in [-0.2, -0.15) is 4.68 Å². The molecule has 4 rings (SSSR count). The van der Waals surface area contributed by atoms with Gasteiger partial charge in [0.2, 0.25) is 5.91 Å². The van der Waals surface area contributed by atoms with Crippen molar-refractivity contribution in [3.8, 4) is 0 Å². The zero-order valence-electron chi connectivity index (χ0n) is 14.6. The van der Waals surface area contributed by atoms with Crippen LogP contribution in [0.5, 0.6) is 0 Å². The number of hydrogen-bond donors (Lipinski definition) is 1. The molecule has 3 aromatic rings. The summed E-state index contributed by atoms with van der Waals surface area (Å²) in [7, 11) is 0. The van der Waals surface area contributed by atoms with Gasteiger partial charge in [-0.1, -0.05) is 30.3 Å². The summed E-state index contributed by atoms with van der Waals surface area (Å²) in [6.07, 6.45) is 4.61. The van der Waals surface area contributed by atoms with Gasteiger partial charge < -0.3 is 5.32 Å². The molecule has 0 aliphatic heterocycles. The van der Waals surface area contributed by atoms with Crippen molar-refractivity contribution >= 4 is 33.1 Å². The van der Waals surface area contributed by atoms with E-state index in [9.17, 15) is 9.59 Å². The van der Waals surface area contributed by atoms with Crippen LogP contribution in [0.4, 0.5) is 5.69 Å². The van der Waals surface area contributed by atoms with Crippen LogP contribution in [0.15, 0.2) is 35.1 Å². The number of carbonyl (C=O) groups is 1. The monoisotopic (exact) mass is 368 g/mol. The standard InChI is InChI=1S/C19H20N4O2S/c1-2-14(17(24)20-12-8-4-3-5-9-12)23-19(25)16-13-10-6-7-11-15(13)26-18(16)21-22-23/h3-5,8-9,14H,2,6-7,10-11H2,1H3,(H,20,24). The highest BCUT2D eigenvalue weighted by molar-refractivity contribution is 7.18. The van der Waals surface area contributed by atoms with Crippen LogP contribution >= 0.6 is 11.3 Å². The lowest BCUT2D eigenvalue weighted by Gasteiger charge is -2.16. The van der Waals surface area contributed by atoms with Gasteiger partial charge in [0.15, 0.2) is 4.83 Å². The van der Waals surface area contributed by atoms with Crippen molar-refractivity contribution in [2.45, 2.75) is 45.1 Å². The van der Waals surface area contributed by atoms with Crippen LogP contribution in [0.2, 0.25) is 0 Å². The minimum Gasteiger partial charge on any atom is -0.324 e. The van der Waals surface area contributed by atoms with Crippen LogP contribution in [0.25, 0.3) is 10.2 Å². The Morgan fingerprint density at radius 1 is 1.27 bits per heavy atom. The molecule has 2 aromatic heterocycles. The number of anilines is 1. The third-order valence-electron chi connectivity index (χ3n) is 4.83. The second-order valence-corrected chi connectivity index (χ2v) is 7.59. The summed E-state index contributed by atoms with van der Waals surface area (Å²) in [5, 5.41) is 11.9. The van der Waals surface area contributed by atoms with E-state index in [1.165, 1.54) is 9.56 Å². The average Bonchev–Trinajstić information content (AvgIpc) is 3.04. The lowest BCUT2D eigenvalue weighted by molar-refractivity contribution is -0.119.